The highest BCUT2D eigenvalue weighted by Crippen LogP contribution is 2.24. The first-order valence-electron chi connectivity index (χ1n) is 9.08. The Bertz CT molecular complexity index is 942. The van der Waals surface area contributed by atoms with E-state index in [1.54, 1.807) is 41.2 Å². The molecule has 0 atom stereocenters. The van der Waals surface area contributed by atoms with Crippen molar-refractivity contribution in [1.82, 2.24) is 15.2 Å². The minimum Gasteiger partial charge on any atom is -0.472 e. The van der Waals surface area contributed by atoms with Gasteiger partial charge in [0.1, 0.15) is 6.61 Å². The summed E-state index contributed by atoms with van der Waals surface area (Å²) in [6.45, 7) is 6.09. The van der Waals surface area contributed by atoms with E-state index < -0.39 is 6.03 Å². The van der Waals surface area contributed by atoms with E-state index in [1.807, 2.05) is 44.4 Å². The molecule has 1 heterocycles. The Balaban J connectivity index is 0.00000145. The highest BCUT2D eigenvalue weighted by Gasteiger charge is 2.16. The Morgan fingerprint density at radius 1 is 1.21 bits per heavy atom. The summed E-state index contributed by atoms with van der Waals surface area (Å²) >= 11 is 5.90. The zero-order chi connectivity index (χ0) is 21.4. The molecule has 1 aromatic heterocycles. The molecule has 2 amide bonds. The molecule has 0 unspecified atom stereocenters. The number of amides is 2. The number of hydrogen-bond donors (Lipinski definition) is 3. The van der Waals surface area contributed by atoms with Gasteiger partial charge in [0.15, 0.2) is 0 Å². The van der Waals surface area contributed by atoms with Crippen LogP contribution < -0.4 is 26.9 Å². The molecule has 0 bridgehead atoms. The van der Waals surface area contributed by atoms with Gasteiger partial charge in [-0.3, -0.25) is 5.43 Å². The van der Waals surface area contributed by atoms with Crippen LogP contribution in [-0.4, -0.2) is 15.8 Å². The second-order valence-corrected chi connectivity index (χ2v) is 6.19. The average molecular weight is 417 g/mol. The van der Waals surface area contributed by atoms with E-state index >= 15 is 0 Å². The van der Waals surface area contributed by atoms with Crippen LogP contribution in [0.5, 0.6) is 5.88 Å². The molecule has 9 heteroatoms. The number of ether oxygens (including phenoxy) is 1. The number of nitrogens with zero attached hydrogens (tertiary/aromatic N) is 3. The molecular formula is C20H25ClN6O2. The number of anilines is 1. The summed E-state index contributed by atoms with van der Waals surface area (Å²) in [5, 5.41) is 5.99. The van der Waals surface area contributed by atoms with E-state index in [0.29, 0.717) is 16.6 Å². The van der Waals surface area contributed by atoms with E-state index in [4.69, 9.17) is 28.0 Å². The normalized spacial score (nSPS) is 10.0. The van der Waals surface area contributed by atoms with Crippen molar-refractivity contribution in [2.75, 3.05) is 5.01 Å². The number of rotatable bonds is 5. The third-order valence-electron chi connectivity index (χ3n) is 4.01. The van der Waals surface area contributed by atoms with Gasteiger partial charge in [-0.05, 0) is 42.8 Å². The van der Waals surface area contributed by atoms with Gasteiger partial charge < -0.3 is 4.74 Å². The highest BCUT2D eigenvalue weighted by atomic mass is 35.5. The quantitative estimate of drug-likeness (QED) is 0.333. The fourth-order valence-corrected chi connectivity index (χ4v) is 2.67. The fraction of sp³-hybridized carbons (Fsp3) is 0.200. The van der Waals surface area contributed by atoms with Crippen LogP contribution in [0.3, 0.4) is 0 Å². The summed E-state index contributed by atoms with van der Waals surface area (Å²) in [6.07, 6.45) is 1.79. The van der Waals surface area contributed by atoms with Gasteiger partial charge in [0.25, 0.3) is 0 Å². The van der Waals surface area contributed by atoms with E-state index in [-0.39, 0.29) is 6.61 Å². The highest BCUT2D eigenvalue weighted by molar-refractivity contribution is 6.30. The molecule has 0 aliphatic rings. The van der Waals surface area contributed by atoms with Crippen molar-refractivity contribution in [3.8, 4) is 11.6 Å². The van der Waals surface area contributed by atoms with Gasteiger partial charge in [0.05, 0.1) is 11.4 Å². The summed E-state index contributed by atoms with van der Waals surface area (Å²) in [5.74, 6) is 11.4. The number of carbonyl (C=O) groups is 1. The van der Waals surface area contributed by atoms with Crippen molar-refractivity contribution >= 4 is 23.3 Å². The Labute approximate surface area is 174 Å². The second-order valence-electron chi connectivity index (χ2n) is 5.76. The van der Waals surface area contributed by atoms with E-state index in [2.05, 4.69) is 5.10 Å². The zero-order valence-electron chi connectivity index (χ0n) is 16.6. The predicted molar refractivity (Wildman–Crippen MR) is 115 cm³/mol. The summed E-state index contributed by atoms with van der Waals surface area (Å²) in [7, 11) is 0. The topological polar surface area (TPSA) is 111 Å². The maximum absolute atomic E-state index is 11.7. The van der Waals surface area contributed by atoms with Crippen molar-refractivity contribution in [3.05, 3.63) is 70.9 Å². The number of urea groups is 1. The van der Waals surface area contributed by atoms with E-state index in [1.165, 1.54) is 0 Å². The Hall–Kier alpha value is -3.07. The van der Waals surface area contributed by atoms with Gasteiger partial charge in [-0.25, -0.2) is 26.2 Å². The van der Waals surface area contributed by atoms with Crippen molar-refractivity contribution in [1.29, 1.82) is 0 Å². The molecule has 0 saturated heterocycles. The number of benzene rings is 2. The molecule has 5 N–H and O–H groups in total. The molecule has 29 heavy (non-hydrogen) atoms. The van der Waals surface area contributed by atoms with Gasteiger partial charge in [-0.15, -0.1) is 5.10 Å². The lowest BCUT2D eigenvalue weighted by molar-refractivity contribution is 0.246. The third kappa shape index (κ3) is 5.47. The Kier molecular flexibility index (Phi) is 8.02. The zero-order valence-corrected chi connectivity index (χ0v) is 17.3. The number of halogens is 1. The van der Waals surface area contributed by atoms with Gasteiger partial charge in [0, 0.05) is 22.8 Å². The van der Waals surface area contributed by atoms with Crippen molar-refractivity contribution < 1.29 is 9.53 Å². The molecule has 0 aliphatic carbocycles. The van der Waals surface area contributed by atoms with Crippen molar-refractivity contribution in [2.24, 2.45) is 11.7 Å². The van der Waals surface area contributed by atoms with Gasteiger partial charge >= 0.3 is 6.03 Å². The van der Waals surface area contributed by atoms with Crippen LogP contribution in [0.1, 0.15) is 25.0 Å². The molecule has 0 saturated carbocycles. The second kappa shape index (κ2) is 10.5. The first kappa shape index (κ1) is 22.2. The van der Waals surface area contributed by atoms with Crippen LogP contribution in [0, 0.1) is 6.92 Å². The van der Waals surface area contributed by atoms with Crippen molar-refractivity contribution in [3.63, 3.8) is 0 Å². The number of aromatic nitrogens is 2. The molecule has 3 aromatic rings. The Morgan fingerprint density at radius 3 is 2.55 bits per heavy atom. The molecule has 0 aliphatic heterocycles. The monoisotopic (exact) mass is 416 g/mol. The summed E-state index contributed by atoms with van der Waals surface area (Å²) in [4.78, 5) is 11.7. The standard InChI is InChI=1S/C18H19ClN6O2.C2H6/c1-12-3-2-4-16(25(21)18(26)22-20)15(12)11-27-17-9-10-24(23-17)14-7-5-13(19)6-8-14;1-2/h2-10H,11,20-21H2,1H3,(H,22,26);1-2H3. The molecular weight excluding hydrogens is 392 g/mol. The molecule has 0 spiro atoms. The lowest BCUT2D eigenvalue weighted by Gasteiger charge is -2.20. The van der Waals surface area contributed by atoms with Crippen LogP contribution in [-0.2, 0) is 6.61 Å². The summed E-state index contributed by atoms with van der Waals surface area (Å²) < 4.78 is 7.48. The van der Waals surface area contributed by atoms with Crippen molar-refractivity contribution in [2.45, 2.75) is 27.4 Å². The minimum absolute atomic E-state index is 0.186. The molecule has 3 rings (SSSR count). The van der Waals surface area contributed by atoms with Gasteiger partial charge in [-0.2, -0.15) is 0 Å². The molecule has 0 radical (unpaired) electrons. The Morgan fingerprint density at radius 2 is 1.90 bits per heavy atom. The number of hydrogen-bond acceptors (Lipinski definition) is 5. The van der Waals surface area contributed by atoms with Gasteiger partial charge in [0.2, 0.25) is 5.88 Å². The van der Waals surface area contributed by atoms with Crippen LogP contribution >= 0.6 is 11.6 Å². The number of hydrazine groups is 2. The SMILES string of the molecule is CC.Cc1cccc(N(N)C(=O)NN)c1COc1ccn(-c2ccc(Cl)cc2)n1. The maximum Gasteiger partial charge on any atom is 0.350 e. The summed E-state index contributed by atoms with van der Waals surface area (Å²) in [5.41, 5.74) is 5.04. The van der Waals surface area contributed by atoms with Crippen LogP contribution in [0.2, 0.25) is 5.02 Å². The van der Waals surface area contributed by atoms with Crippen LogP contribution in [0.4, 0.5) is 10.5 Å². The van der Waals surface area contributed by atoms with Crippen LogP contribution in [0.25, 0.3) is 5.69 Å². The fourth-order valence-electron chi connectivity index (χ4n) is 2.55. The first-order chi connectivity index (χ1) is 14.0. The number of nitrogens with one attached hydrogen (secondary N) is 1. The molecule has 8 nitrogen and oxygen atoms in total. The molecule has 0 fully saturated rings. The van der Waals surface area contributed by atoms with Crippen LogP contribution in [0.15, 0.2) is 54.7 Å². The lowest BCUT2D eigenvalue weighted by Crippen LogP contribution is -2.48. The largest absolute Gasteiger partial charge is 0.472 e. The maximum atomic E-state index is 11.7. The predicted octanol–water partition coefficient (Wildman–Crippen LogP) is 3.70. The lowest BCUT2D eigenvalue weighted by atomic mass is 10.1. The molecule has 154 valence electrons. The first-order valence-corrected chi connectivity index (χ1v) is 9.45. The van der Waals surface area contributed by atoms with E-state index in [0.717, 1.165) is 21.8 Å². The molecule has 2 aromatic carbocycles. The number of nitrogens with two attached hydrogens (primary N) is 2. The number of aryl methyl sites for hydroxylation is 1. The number of carbonyl (C=O) groups excluding carboxylic acids is 1. The average Bonchev–Trinajstić information content (AvgIpc) is 3.22. The smallest absolute Gasteiger partial charge is 0.350 e. The third-order valence-corrected chi connectivity index (χ3v) is 4.26. The minimum atomic E-state index is -0.631. The summed E-state index contributed by atoms with van der Waals surface area (Å²) in [6, 6.07) is 13.8. The van der Waals surface area contributed by atoms with E-state index in [9.17, 15) is 4.79 Å². The van der Waals surface area contributed by atoms with Gasteiger partial charge in [-0.1, -0.05) is 37.6 Å².